The minimum atomic E-state index is -0.240. The van der Waals surface area contributed by atoms with Crippen molar-refractivity contribution in [3.05, 3.63) is 22.9 Å². The monoisotopic (exact) mass is 360 g/mol. The van der Waals surface area contributed by atoms with Crippen molar-refractivity contribution in [2.24, 2.45) is 7.05 Å². The molecular weight excluding hydrogens is 332 g/mol. The van der Waals surface area contributed by atoms with Crippen LogP contribution >= 0.6 is 0 Å². The molecule has 0 bridgehead atoms. The molecule has 2 aromatic rings. The van der Waals surface area contributed by atoms with Crippen LogP contribution in [0.4, 0.5) is 0 Å². The molecule has 8 nitrogen and oxygen atoms in total. The second kappa shape index (κ2) is 8.44. The van der Waals surface area contributed by atoms with Crippen LogP contribution in [0.3, 0.4) is 0 Å². The summed E-state index contributed by atoms with van der Waals surface area (Å²) in [5.74, 6) is -0.169. The lowest BCUT2D eigenvalue weighted by atomic mass is 9.94. The molecule has 0 atom stereocenters. The molecule has 1 amide bonds. The number of fused-ring (bicyclic) bond motifs is 1. The van der Waals surface area contributed by atoms with E-state index in [1.165, 1.54) is 49.2 Å². The third-order valence-corrected chi connectivity index (χ3v) is 5.24. The molecule has 2 heterocycles. The van der Waals surface area contributed by atoms with Gasteiger partial charge in [-0.1, -0.05) is 19.3 Å². The zero-order valence-electron chi connectivity index (χ0n) is 15.6. The molecule has 1 aliphatic carbocycles. The Hall–Kier alpha value is -2.22. The number of hydrogen-bond acceptors (Lipinski definition) is 5. The molecule has 0 unspecified atom stereocenters. The van der Waals surface area contributed by atoms with Crippen molar-refractivity contribution in [1.82, 2.24) is 29.5 Å². The summed E-state index contributed by atoms with van der Waals surface area (Å²) in [4.78, 5) is 31.1. The molecule has 1 N–H and O–H groups in total. The third-order valence-electron chi connectivity index (χ3n) is 5.24. The first-order valence-electron chi connectivity index (χ1n) is 9.40. The summed E-state index contributed by atoms with van der Waals surface area (Å²) in [6.45, 7) is 1.58. The van der Waals surface area contributed by atoms with Crippen LogP contribution in [-0.2, 0) is 18.4 Å². The number of nitrogens with zero attached hydrogens (tertiary/aromatic N) is 5. The lowest BCUT2D eigenvalue weighted by molar-refractivity contribution is -0.121. The Bertz CT molecular complexity index is 806. The van der Waals surface area contributed by atoms with Gasteiger partial charge in [-0.3, -0.25) is 18.8 Å². The van der Waals surface area contributed by atoms with Crippen molar-refractivity contribution in [3.63, 3.8) is 0 Å². The van der Waals surface area contributed by atoms with Crippen LogP contribution in [0.1, 0.15) is 38.5 Å². The molecule has 0 aliphatic heterocycles. The van der Waals surface area contributed by atoms with Gasteiger partial charge in [-0.25, -0.2) is 4.98 Å². The van der Waals surface area contributed by atoms with Crippen LogP contribution in [0.15, 0.2) is 17.3 Å². The minimum Gasteiger partial charge on any atom is -0.354 e. The van der Waals surface area contributed by atoms with E-state index in [1.807, 2.05) is 0 Å². The van der Waals surface area contributed by atoms with Crippen LogP contribution in [0.5, 0.6) is 0 Å². The van der Waals surface area contributed by atoms with Crippen molar-refractivity contribution >= 4 is 16.9 Å². The van der Waals surface area contributed by atoms with Crippen LogP contribution < -0.4 is 10.9 Å². The maximum Gasteiger partial charge on any atom is 0.264 e. The molecule has 0 aromatic carbocycles. The Morgan fingerprint density at radius 1 is 1.35 bits per heavy atom. The fraction of sp³-hybridized carbons (Fsp3) is 0.667. The third kappa shape index (κ3) is 4.30. The average molecular weight is 360 g/mol. The fourth-order valence-corrected chi connectivity index (χ4v) is 3.65. The zero-order valence-corrected chi connectivity index (χ0v) is 15.6. The first-order chi connectivity index (χ1) is 12.6. The van der Waals surface area contributed by atoms with Crippen molar-refractivity contribution < 1.29 is 4.79 Å². The van der Waals surface area contributed by atoms with E-state index in [1.54, 1.807) is 11.7 Å². The molecule has 2 aromatic heterocycles. The van der Waals surface area contributed by atoms with E-state index >= 15 is 0 Å². The van der Waals surface area contributed by atoms with E-state index in [0.717, 1.165) is 13.0 Å². The highest BCUT2D eigenvalue weighted by atomic mass is 16.2. The summed E-state index contributed by atoms with van der Waals surface area (Å²) in [6.07, 6.45) is 10.4. The van der Waals surface area contributed by atoms with Crippen molar-refractivity contribution in [1.29, 1.82) is 0 Å². The van der Waals surface area contributed by atoms with Gasteiger partial charge in [-0.15, -0.1) is 0 Å². The van der Waals surface area contributed by atoms with Crippen LogP contribution in [0, 0.1) is 0 Å². The molecule has 26 heavy (non-hydrogen) atoms. The molecule has 3 rings (SSSR count). The van der Waals surface area contributed by atoms with Gasteiger partial charge < -0.3 is 10.2 Å². The highest BCUT2D eigenvalue weighted by Crippen LogP contribution is 2.21. The zero-order chi connectivity index (χ0) is 18.5. The van der Waals surface area contributed by atoms with Crippen LogP contribution in [0.25, 0.3) is 11.0 Å². The molecule has 8 heteroatoms. The molecule has 0 radical (unpaired) electrons. The van der Waals surface area contributed by atoms with E-state index in [-0.39, 0.29) is 18.0 Å². The molecular formula is C18H28N6O2. The molecule has 1 aliphatic rings. The average Bonchev–Trinajstić information content (AvgIpc) is 3.03. The van der Waals surface area contributed by atoms with Gasteiger partial charge in [0.2, 0.25) is 5.91 Å². The molecule has 142 valence electrons. The van der Waals surface area contributed by atoms with Gasteiger partial charge in [0.15, 0.2) is 5.65 Å². The Morgan fingerprint density at radius 3 is 2.88 bits per heavy atom. The quantitative estimate of drug-likeness (QED) is 0.742. The van der Waals surface area contributed by atoms with Gasteiger partial charge in [-0.05, 0) is 32.9 Å². The van der Waals surface area contributed by atoms with Crippen molar-refractivity contribution in [2.75, 3.05) is 20.1 Å². The summed E-state index contributed by atoms with van der Waals surface area (Å²) < 4.78 is 2.87. The van der Waals surface area contributed by atoms with Crippen LogP contribution in [-0.4, -0.2) is 56.3 Å². The first-order valence-corrected chi connectivity index (χ1v) is 9.40. The van der Waals surface area contributed by atoms with E-state index in [0.29, 0.717) is 23.6 Å². The number of carbonyl (C=O) groups excluding carboxylic acids is 1. The van der Waals surface area contributed by atoms with Gasteiger partial charge in [0.25, 0.3) is 5.56 Å². The summed E-state index contributed by atoms with van der Waals surface area (Å²) in [5, 5.41) is 7.35. The number of hydrogen-bond donors (Lipinski definition) is 1. The first kappa shape index (κ1) is 18.6. The second-order valence-corrected chi connectivity index (χ2v) is 7.16. The van der Waals surface area contributed by atoms with Gasteiger partial charge >= 0.3 is 0 Å². The molecule has 1 fully saturated rings. The summed E-state index contributed by atoms with van der Waals surface area (Å²) in [6, 6.07) is 0.690. The molecule has 1 saturated carbocycles. The standard InChI is InChI=1S/C18H28N6O2/c1-22(14-7-4-3-5-8-14)10-6-9-19-16(25)12-24-13-20-17-15(18(24)26)11-21-23(17)2/h11,13-14H,3-10,12H2,1-2H3,(H,19,25). The fourth-order valence-electron chi connectivity index (χ4n) is 3.65. The van der Waals surface area contributed by atoms with Crippen molar-refractivity contribution in [3.8, 4) is 0 Å². The smallest absolute Gasteiger partial charge is 0.264 e. The number of carbonyl (C=O) groups is 1. The highest BCUT2D eigenvalue weighted by Gasteiger charge is 2.17. The Morgan fingerprint density at radius 2 is 2.12 bits per heavy atom. The maximum absolute atomic E-state index is 12.4. The normalized spacial score (nSPS) is 15.7. The topological polar surface area (TPSA) is 85.1 Å². The lowest BCUT2D eigenvalue weighted by Crippen LogP contribution is -2.37. The Labute approximate surface area is 153 Å². The minimum absolute atomic E-state index is 0.0187. The largest absolute Gasteiger partial charge is 0.354 e. The Kier molecular flexibility index (Phi) is 6.03. The second-order valence-electron chi connectivity index (χ2n) is 7.16. The van der Waals surface area contributed by atoms with E-state index in [2.05, 4.69) is 27.3 Å². The Balaban J connectivity index is 1.44. The van der Waals surface area contributed by atoms with E-state index in [4.69, 9.17) is 0 Å². The summed E-state index contributed by atoms with van der Waals surface area (Å²) >= 11 is 0. The molecule has 0 spiro atoms. The number of rotatable bonds is 7. The SMILES string of the molecule is CN(CCCNC(=O)Cn1cnc2c(cnn2C)c1=O)C1CCCCC1. The highest BCUT2D eigenvalue weighted by molar-refractivity contribution is 5.77. The molecule has 0 saturated heterocycles. The number of aryl methyl sites for hydroxylation is 1. The predicted octanol–water partition coefficient (Wildman–Crippen LogP) is 0.901. The maximum atomic E-state index is 12.4. The van der Waals surface area contributed by atoms with Gasteiger partial charge in [0.1, 0.15) is 18.3 Å². The number of amides is 1. The van der Waals surface area contributed by atoms with E-state index in [9.17, 15) is 9.59 Å². The van der Waals surface area contributed by atoms with Crippen LogP contribution in [0.2, 0.25) is 0 Å². The lowest BCUT2D eigenvalue weighted by Gasteiger charge is -2.31. The number of nitrogens with one attached hydrogen (secondary N) is 1. The van der Waals surface area contributed by atoms with Crippen molar-refractivity contribution in [2.45, 2.75) is 51.1 Å². The predicted molar refractivity (Wildman–Crippen MR) is 99.9 cm³/mol. The van der Waals surface area contributed by atoms with Gasteiger partial charge in [-0.2, -0.15) is 5.10 Å². The van der Waals surface area contributed by atoms with Gasteiger partial charge in [0.05, 0.1) is 6.20 Å². The van der Waals surface area contributed by atoms with Gasteiger partial charge in [0, 0.05) is 19.6 Å². The van der Waals surface area contributed by atoms with E-state index < -0.39 is 0 Å². The summed E-state index contributed by atoms with van der Waals surface area (Å²) in [5.41, 5.74) is 0.285. The summed E-state index contributed by atoms with van der Waals surface area (Å²) in [7, 11) is 3.91. The number of aromatic nitrogens is 4.